The van der Waals surface area contributed by atoms with Gasteiger partial charge in [0.05, 0.1) is 37.6 Å². The summed E-state index contributed by atoms with van der Waals surface area (Å²) in [6.45, 7) is -0.612. The van der Waals surface area contributed by atoms with E-state index < -0.39 is 60.6 Å². The van der Waals surface area contributed by atoms with Crippen molar-refractivity contribution < 1.29 is 49.7 Å². The molecule has 0 radical (unpaired) electrons. The van der Waals surface area contributed by atoms with E-state index in [0.717, 1.165) is 0 Å². The molecule has 2 aliphatic heterocycles. The van der Waals surface area contributed by atoms with Gasteiger partial charge in [0.2, 0.25) is 0 Å². The van der Waals surface area contributed by atoms with E-state index >= 15 is 0 Å². The van der Waals surface area contributed by atoms with E-state index in [0.29, 0.717) is 33.6 Å². The maximum atomic E-state index is 13.0. The Bertz CT molecular complexity index is 1340. The van der Waals surface area contributed by atoms with Crippen molar-refractivity contribution in [1.82, 2.24) is 0 Å². The van der Waals surface area contributed by atoms with Crippen LogP contribution in [0.2, 0.25) is 0 Å². The molecule has 0 aliphatic carbocycles. The van der Waals surface area contributed by atoms with Crippen LogP contribution in [0.3, 0.4) is 0 Å². The Morgan fingerprint density at radius 2 is 1.02 bits per heavy atom. The van der Waals surface area contributed by atoms with E-state index in [9.17, 15) is 40.2 Å². The molecule has 2 amide bonds. The predicted octanol–water partition coefficient (Wildman–Crippen LogP) is 1.28. The molecule has 3 aromatic rings. The summed E-state index contributed by atoms with van der Waals surface area (Å²) in [5.41, 5.74) is 2.48. The first-order valence-corrected chi connectivity index (χ1v) is 14.3. The highest BCUT2D eigenvalue weighted by Gasteiger charge is 2.38. The zero-order valence-corrected chi connectivity index (χ0v) is 23.7. The number of carbonyl (C=O) groups excluding carboxylic acids is 2. The van der Waals surface area contributed by atoms with Crippen molar-refractivity contribution in [3.8, 4) is 0 Å². The number of nitrogens with one attached hydrogen (secondary N) is 2. The number of anilines is 2. The Balaban J connectivity index is 1.21. The minimum Gasteiger partial charge on any atom is -0.394 e. The van der Waals surface area contributed by atoms with Crippen LogP contribution in [0.25, 0.3) is 0 Å². The van der Waals surface area contributed by atoms with Gasteiger partial charge in [-0.2, -0.15) is 0 Å². The van der Waals surface area contributed by atoms with Crippen LogP contribution in [0.5, 0.6) is 0 Å². The van der Waals surface area contributed by atoms with Crippen LogP contribution in [-0.4, -0.2) is 92.3 Å². The average molecular weight is 609 g/mol. The van der Waals surface area contributed by atoms with E-state index in [1.165, 1.54) is 0 Å². The molecule has 0 aromatic heterocycles. The van der Waals surface area contributed by atoms with E-state index in [1.54, 1.807) is 72.8 Å². The van der Waals surface area contributed by atoms with Gasteiger partial charge in [0, 0.05) is 35.3 Å². The highest BCUT2D eigenvalue weighted by molar-refractivity contribution is 6.05. The molecular weight excluding hydrogens is 572 g/mol. The molecule has 3 aromatic carbocycles. The first kappa shape index (κ1) is 31.7. The van der Waals surface area contributed by atoms with Gasteiger partial charge in [-0.25, -0.2) is 0 Å². The number of aliphatic hydroxyl groups excluding tert-OH is 6. The minimum absolute atomic E-state index is 0.105. The van der Waals surface area contributed by atoms with Gasteiger partial charge >= 0.3 is 0 Å². The molecule has 0 spiro atoms. The lowest BCUT2D eigenvalue weighted by Gasteiger charge is -2.36. The van der Waals surface area contributed by atoms with Crippen LogP contribution >= 0.6 is 0 Å². The van der Waals surface area contributed by atoms with E-state index in [-0.39, 0.29) is 26.1 Å². The van der Waals surface area contributed by atoms with Crippen molar-refractivity contribution in [2.24, 2.45) is 0 Å². The summed E-state index contributed by atoms with van der Waals surface area (Å²) < 4.78 is 11.5. The third kappa shape index (κ3) is 7.15. The molecule has 12 heteroatoms. The lowest BCUT2D eigenvalue weighted by atomic mass is 9.92. The lowest BCUT2D eigenvalue weighted by Crippen LogP contribution is -2.44. The summed E-state index contributed by atoms with van der Waals surface area (Å²) in [4.78, 5) is 26.0. The average Bonchev–Trinajstić information content (AvgIpc) is 3.04. The number of ether oxygens (including phenoxy) is 2. The highest BCUT2D eigenvalue weighted by Crippen LogP contribution is 2.34. The number of hydrogen-bond acceptors (Lipinski definition) is 10. The van der Waals surface area contributed by atoms with Gasteiger partial charge in [-0.1, -0.05) is 24.3 Å². The zero-order chi connectivity index (χ0) is 31.4. The molecule has 8 N–H and O–H groups in total. The smallest absolute Gasteiger partial charge is 0.255 e. The SMILES string of the molecule is O=C(Nc1ccc(NC(=O)c2cccc([C@H]3O[C@H](CO)C[C@H](O)[C@@H]3O)c2)cc1)c1cccc([C@H]2O[C@H](CO)C[C@H](O)[C@@H]2O)c1. The Labute approximate surface area is 253 Å². The fourth-order valence-electron chi connectivity index (χ4n) is 5.45. The van der Waals surface area contributed by atoms with Crippen LogP contribution in [0, 0.1) is 0 Å². The molecule has 2 fully saturated rings. The molecule has 0 bridgehead atoms. The Morgan fingerprint density at radius 1 is 0.636 bits per heavy atom. The normalized spacial score (nSPS) is 28.7. The van der Waals surface area contributed by atoms with Gasteiger partial charge in [-0.05, 0) is 59.7 Å². The summed E-state index contributed by atoms with van der Waals surface area (Å²) >= 11 is 0. The van der Waals surface area contributed by atoms with E-state index in [4.69, 9.17) is 9.47 Å². The van der Waals surface area contributed by atoms with Gasteiger partial charge < -0.3 is 50.7 Å². The van der Waals surface area contributed by atoms with Gasteiger partial charge in [-0.15, -0.1) is 0 Å². The first-order valence-electron chi connectivity index (χ1n) is 14.3. The Hall–Kier alpha value is -3.72. The summed E-state index contributed by atoms with van der Waals surface area (Å²) in [6.07, 6.45) is -7.43. The summed E-state index contributed by atoms with van der Waals surface area (Å²) in [5.74, 6) is -0.851. The number of benzene rings is 3. The largest absolute Gasteiger partial charge is 0.394 e. The fraction of sp³-hybridized carbons (Fsp3) is 0.375. The molecule has 44 heavy (non-hydrogen) atoms. The van der Waals surface area contributed by atoms with Gasteiger partial charge in [0.25, 0.3) is 11.8 Å². The fourth-order valence-corrected chi connectivity index (χ4v) is 5.45. The second-order valence-corrected chi connectivity index (χ2v) is 11.0. The van der Waals surface area contributed by atoms with Crippen LogP contribution < -0.4 is 10.6 Å². The maximum absolute atomic E-state index is 13.0. The molecule has 8 atom stereocenters. The monoisotopic (exact) mass is 608 g/mol. The quantitative estimate of drug-likeness (QED) is 0.184. The summed E-state index contributed by atoms with van der Waals surface area (Å²) in [6, 6.07) is 19.4. The molecule has 5 rings (SSSR count). The Kier molecular flexibility index (Phi) is 10.0. The number of amides is 2. The van der Waals surface area contributed by atoms with Crippen LogP contribution in [0.1, 0.15) is 56.9 Å². The number of rotatable bonds is 8. The third-order valence-corrected chi connectivity index (χ3v) is 7.86. The van der Waals surface area contributed by atoms with Gasteiger partial charge in [0.1, 0.15) is 24.4 Å². The second kappa shape index (κ2) is 13.9. The van der Waals surface area contributed by atoms with E-state index in [1.807, 2.05) is 0 Å². The number of aliphatic hydroxyl groups is 6. The summed E-state index contributed by atoms with van der Waals surface area (Å²) in [7, 11) is 0. The Morgan fingerprint density at radius 3 is 1.39 bits per heavy atom. The molecule has 234 valence electrons. The van der Waals surface area contributed by atoms with Crippen LogP contribution in [0.4, 0.5) is 11.4 Å². The van der Waals surface area contributed by atoms with Crippen molar-refractivity contribution in [3.63, 3.8) is 0 Å². The second-order valence-electron chi connectivity index (χ2n) is 11.0. The zero-order valence-electron chi connectivity index (χ0n) is 23.7. The third-order valence-electron chi connectivity index (χ3n) is 7.86. The van der Waals surface area contributed by atoms with Crippen LogP contribution in [0.15, 0.2) is 72.8 Å². The molecule has 0 unspecified atom stereocenters. The molecule has 2 saturated heterocycles. The van der Waals surface area contributed by atoms with Gasteiger partial charge in [-0.3, -0.25) is 9.59 Å². The predicted molar refractivity (Wildman–Crippen MR) is 158 cm³/mol. The lowest BCUT2D eigenvalue weighted by molar-refractivity contribution is -0.179. The topological polar surface area (TPSA) is 198 Å². The molecular formula is C32H36N2O10. The van der Waals surface area contributed by atoms with Crippen molar-refractivity contribution in [2.45, 2.75) is 61.7 Å². The maximum Gasteiger partial charge on any atom is 0.255 e. The summed E-state index contributed by atoms with van der Waals surface area (Å²) in [5, 5.41) is 65.6. The number of carbonyl (C=O) groups is 2. The van der Waals surface area contributed by atoms with Crippen molar-refractivity contribution in [2.75, 3.05) is 23.8 Å². The first-order chi connectivity index (χ1) is 21.2. The molecule has 12 nitrogen and oxygen atoms in total. The molecule has 2 aliphatic rings. The minimum atomic E-state index is -1.21. The standard InChI is InChI=1S/C32H36N2O10/c35-15-23-13-25(37)27(39)29(43-23)17-3-1-5-19(11-17)31(41)33-21-7-9-22(10-8-21)34-32(42)20-6-2-4-18(12-20)30-28(40)26(38)14-24(16-36)44-30/h1-12,23-30,35-40H,13-16H2,(H,33,41)(H,34,42)/t23-,24-,25-,26-,27-,28-,29+,30+/m0/s1. The van der Waals surface area contributed by atoms with Crippen molar-refractivity contribution >= 4 is 23.2 Å². The number of hydrogen-bond donors (Lipinski definition) is 8. The van der Waals surface area contributed by atoms with Crippen molar-refractivity contribution in [1.29, 1.82) is 0 Å². The van der Waals surface area contributed by atoms with E-state index in [2.05, 4.69) is 10.6 Å². The highest BCUT2D eigenvalue weighted by atomic mass is 16.5. The van der Waals surface area contributed by atoms with Crippen LogP contribution in [-0.2, 0) is 9.47 Å². The molecule has 0 saturated carbocycles. The molecule has 2 heterocycles. The van der Waals surface area contributed by atoms with Crippen molar-refractivity contribution in [3.05, 3.63) is 95.1 Å². The van der Waals surface area contributed by atoms with Gasteiger partial charge in [0.15, 0.2) is 0 Å².